The number of benzene rings is 1. The van der Waals surface area contributed by atoms with Crippen LogP contribution in [0.4, 0.5) is 8.78 Å². The van der Waals surface area contributed by atoms with E-state index in [0.29, 0.717) is 22.4 Å². The number of alkyl halides is 2. The van der Waals surface area contributed by atoms with E-state index in [-0.39, 0.29) is 12.4 Å². The molecule has 4 aromatic heterocycles. The summed E-state index contributed by atoms with van der Waals surface area (Å²) in [7, 11) is 0. The van der Waals surface area contributed by atoms with Crippen molar-refractivity contribution in [2.45, 2.75) is 13.0 Å². The molecule has 0 unspecified atom stereocenters. The quantitative estimate of drug-likeness (QED) is 0.421. The predicted molar refractivity (Wildman–Crippen MR) is 105 cm³/mol. The molecule has 0 aliphatic rings. The number of halogens is 2. The Kier molecular flexibility index (Phi) is 4.58. The van der Waals surface area contributed by atoms with E-state index >= 15 is 0 Å². The van der Waals surface area contributed by atoms with Crippen LogP contribution in [0.15, 0.2) is 74.7 Å². The number of aromatic nitrogens is 5. The minimum Gasteiger partial charge on any atom is -0.415 e. The first-order chi connectivity index (χ1) is 15.1. The molecule has 0 amide bonds. The first kappa shape index (κ1) is 18.8. The highest BCUT2D eigenvalue weighted by Gasteiger charge is 2.17. The van der Waals surface area contributed by atoms with Gasteiger partial charge in [0.15, 0.2) is 5.58 Å². The molecule has 4 heterocycles. The molecule has 0 atom stereocenters. The number of pyridine rings is 2. The second kappa shape index (κ2) is 7.56. The van der Waals surface area contributed by atoms with Crippen LogP contribution in [0.5, 0.6) is 0 Å². The van der Waals surface area contributed by atoms with Gasteiger partial charge in [-0.3, -0.25) is 14.5 Å². The van der Waals surface area contributed by atoms with Crippen LogP contribution in [0, 0.1) is 0 Å². The Morgan fingerprint density at radius 1 is 0.935 bits per heavy atom. The van der Waals surface area contributed by atoms with Crippen molar-refractivity contribution in [1.82, 2.24) is 24.7 Å². The van der Waals surface area contributed by atoms with Crippen LogP contribution in [0.3, 0.4) is 0 Å². The summed E-state index contributed by atoms with van der Waals surface area (Å²) < 4.78 is 37.0. The molecule has 0 spiro atoms. The third-order valence-electron chi connectivity index (χ3n) is 4.70. The summed E-state index contributed by atoms with van der Waals surface area (Å²) in [5.41, 5.74) is 3.92. The number of oxazole rings is 1. The Labute approximate surface area is 172 Å². The minimum absolute atomic E-state index is 0.0519. The van der Waals surface area contributed by atoms with Crippen LogP contribution in [0.25, 0.3) is 33.7 Å². The molecule has 1 aromatic carbocycles. The molecule has 10 heteroatoms. The van der Waals surface area contributed by atoms with Crippen molar-refractivity contribution in [2.24, 2.45) is 0 Å². The Morgan fingerprint density at radius 3 is 2.45 bits per heavy atom. The highest BCUT2D eigenvalue weighted by atomic mass is 19.3. The van der Waals surface area contributed by atoms with Gasteiger partial charge in [0.2, 0.25) is 5.89 Å². The Morgan fingerprint density at radius 2 is 1.74 bits per heavy atom. The van der Waals surface area contributed by atoms with Crippen molar-refractivity contribution in [3.63, 3.8) is 0 Å². The molecule has 0 radical (unpaired) electrons. The topological polar surface area (TPSA) is 99.8 Å². The average Bonchev–Trinajstić information content (AvgIpc) is 3.40. The maximum atomic E-state index is 12.6. The lowest BCUT2D eigenvalue weighted by molar-refractivity contribution is 0.116. The fourth-order valence-electron chi connectivity index (χ4n) is 3.19. The first-order valence-corrected chi connectivity index (χ1v) is 9.19. The zero-order valence-electron chi connectivity index (χ0n) is 15.8. The van der Waals surface area contributed by atoms with Gasteiger partial charge in [-0.05, 0) is 47.5 Å². The van der Waals surface area contributed by atoms with Gasteiger partial charge in [0.1, 0.15) is 0 Å². The van der Waals surface area contributed by atoms with E-state index in [0.717, 1.165) is 11.1 Å². The zero-order valence-corrected chi connectivity index (χ0v) is 15.8. The average molecular weight is 421 g/mol. The molecule has 0 aliphatic heterocycles. The van der Waals surface area contributed by atoms with E-state index in [1.807, 2.05) is 24.3 Å². The van der Waals surface area contributed by atoms with Crippen molar-refractivity contribution in [3.05, 3.63) is 83.2 Å². The van der Waals surface area contributed by atoms with Gasteiger partial charge in [0, 0.05) is 18.6 Å². The summed E-state index contributed by atoms with van der Waals surface area (Å²) in [6.07, 6.45) is 1.97. The Hall–Kier alpha value is -4.21. The van der Waals surface area contributed by atoms with Crippen molar-refractivity contribution in [3.8, 4) is 22.6 Å². The van der Waals surface area contributed by atoms with Crippen molar-refractivity contribution >= 4 is 11.1 Å². The molecule has 0 N–H and O–H groups in total. The van der Waals surface area contributed by atoms with E-state index in [1.165, 1.54) is 10.8 Å². The molecule has 0 saturated carbocycles. The van der Waals surface area contributed by atoms with Crippen LogP contribution >= 0.6 is 0 Å². The first-order valence-electron chi connectivity index (χ1n) is 9.19. The van der Waals surface area contributed by atoms with Gasteiger partial charge >= 0.3 is 12.2 Å². The van der Waals surface area contributed by atoms with E-state index in [2.05, 4.69) is 20.2 Å². The van der Waals surface area contributed by atoms with Gasteiger partial charge in [-0.2, -0.15) is 8.78 Å². The molecule has 0 saturated heterocycles. The molecule has 5 rings (SSSR count). The van der Waals surface area contributed by atoms with Gasteiger partial charge in [-0.15, -0.1) is 10.2 Å². The summed E-state index contributed by atoms with van der Waals surface area (Å²) in [6.45, 7) is 0.173. The highest BCUT2D eigenvalue weighted by Crippen LogP contribution is 2.25. The van der Waals surface area contributed by atoms with Crippen molar-refractivity contribution < 1.29 is 17.6 Å². The van der Waals surface area contributed by atoms with Crippen molar-refractivity contribution in [1.29, 1.82) is 0 Å². The summed E-state index contributed by atoms with van der Waals surface area (Å²) in [5.74, 6) is -1.31. The lowest BCUT2D eigenvalue weighted by Crippen LogP contribution is -2.15. The highest BCUT2D eigenvalue weighted by molar-refractivity contribution is 5.80. The third kappa shape index (κ3) is 3.59. The second-order valence-corrected chi connectivity index (χ2v) is 6.66. The van der Waals surface area contributed by atoms with Crippen LogP contribution in [-0.2, 0) is 6.54 Å². The standard InChI is InChI=1S/C21H13F2N5O3/c22-18(23)20-27-26-19(31-20)14-1-3-15(25-10-14)11-28-16-4-2-13(9-17(16)30-21(28)29)12-5-7-24-8-6-12/h1-10,18H,11H2. The fourth-order valence-corrected chi connectivity index (χ4v) is 3.19. The van der Waals surface area contributed by atoms with E-state index in [1.54, 1.807) is 30.6 Å². The second-order valence-electron chi connectivity index (χ2n) is 6.66. The normalized spacial score (nSPS) is 11.5. The molecule has 0 bridgehead atoms. The molecule has 0 fully saturated rings. The van der Waals surface area contributed by atoms with Gasteiger partial charge in [-0.1, -0.05) is 6.07 Å². The molecule has 31 heavy (non-hydrogen) atoms. The monoisotopic (exact) mass is 421 g/mol. The molecular weight excluding hydrogens is 408 g/mol. The smallest absolute Gasteiger partial charge is 0.415 e. The Bertz CT molecular complexity index is 1410. The lowest BCUT2D eigenvalue weighted by Gasteiger charge is -2.04. The summed E-state index contributed by atoms with van der Waals surface area (Å²) in [6, 6.07) is 12.5. The summed E-state index contributed by atoms with van der Waals surface area (Å²) in [4.78, 5) is 20.7. The van der Waals surface area contributed by atoms with Gasteiger partial charge < -0.3 is 8.83 Å². The van der Waals surface area contributed by atoms with Crippen molar-refractivity contribution in [2.75, 3.05) is 0 Å². The van der Waals surface area contributed by atoms with Gasteiger partial charge in [-0.25, -0.2) is 4.79 Å². The molecule has 8 nitrogen and oxygen atoms in total. The number of nitrogens with zero attached hydrogens (tertiary/aromatic N) is 5. The SMILES string of the molecule is O=c1oc2cc(-c3ccncc3)ccc2n1Cc1ccc(-c2nnc(C(F)F)o2)cn1. The largest absolute Gasteiger partial charge is 0.420 e. The van der Waals surface area contributed by atoms with E-state index in [4.69, 9.17) is 8.83 Å². The minimum atomic E-state index is -2.84. The molecule has 154 valence electrons. The van der Waals surface area contributed by atoms with Crippen LogP contribution in [-0.4, -0.2) is 24.7 Å². The van der Waals surface area contributed by atoms with Crippen LogP contribution < -0.4 is 5.76 Å². The number of hydrogen-bond acceptors (Lipinski definition) is 7. The maximum Gasteiger partial charge on any atom is 0.420 e. The van der Waals surface area contributed by atoms with Gasteiger partial charge in [0.05, 0.1) is 23.3 Å². The Balaban J connectivity index is 1.42. The number of hydrogen-bond donors (Lipinski definition) is 0. The van der Waals surface area contributed by atoms with Crippen LogP contribution in [0.2, 0.25) is 0 Å². The number of fused-ring (bicyclic) bond motifs is 1. The number of rotatable bonds is 5. The molecule has 0 aliphatic carbocycles. The predicted octanol–water partition coefficient (Wildman–Crippen LogP) is 4.09. The van der Waals surface area contributed by atoms with E-state index in [9.17, 15) is 13.6 Å². The lowest BCUT2D eigenvalue weighted by atomic mass is 10.1. The van der Waals surface area contributed by atoms with Crippen LogP contribution in [0.1, 0.15) is 18.0 Å². The molecule has 5 aromatic rings. The third-order valence-corrected chi connectivity index (χ3v) is 4.70. The summed E-state index contributed by atoms with van der Waals surface area (Å²) in [5, 5.41) is 6.88. The van der Waals surface area contributed by atoms with E-state index < -0.39 is 18.1 Å². The molecular formula is C21H13F2N5O3. The van der Waals surface area contributed by atoms with Gasteiger partial charge in [0.25, 0.3) is 5.89 Å². The zero-order chi connectivity index (χ0) is 21.4. The maximum absolute atomic E-state index is 12.6. The summed E-state index contributed by atoms with van der Waals surface area (Å²) >= 11 is 0. The fraction of sp³-hybridized carbons (Fsp3) is 0.0952.